The summed E-state index contributed by atoms with van der Waals surface area (Å²) in [6.07, 6.45) is 7.84. The van der Waals surface area contributed by atoms with Crippen molar-refractivity contribution in [3.63, 3.8) is 0 Å². The molecule has 0 N–H and O–H groups in total. The van der Waals surface area contributed by atoms with Gasteiger partial charge in [0.05, 0.1) is 7.11 Å². The van der Waals surface area contributed by atoms with Crippen molar-refractivity contribution in [1.29, 1.82) is 0 Å². The molecule has 2 fully saturated rings. The van der Waals surface area contributed by atoms with E-state index in [0.29, 0.717) is 5.92 Å². The minimum atomic E-state index is 0.132. The summed E-state index contributed by atoms with van der Waals surface area (Å²) in [6, 6.07) is 6.68. The van der Waals surface area contributed by atoms with Crippen molar-refractivity contribution in [2.24, 2.45) is 11.8 Å². The third kappa shape index (κ3) is 4.14. The number of carbonyl (C=O) groups is 1. The van der Waals surface area contributed by atoms with Crippen LogP contribution in [0.25, 0.3) is 0 Å². The fourth-order valence-electron chi connectivity index (χ4n) is 5.08. The van der Waals surface area contributed by atoms with Gasteiger partial charge in [0.15, 0.2) is 5.78 Å². The van der Waals surface area contributed by atoms with E-state index in [9.17, 15) is 4.79 Å². The van der Waals surface area contributed by atoms with E-state index < -0.39 is 0 Å². The van der Waals surface area contributed by atoms with Crippen LogP contribution in [-0.4, -0.2) is 36.9 Å². The van der Waals surface area contributed by atoms with Crippen LogP contribution in [0.4, 0.5) is 0 Å². The SMILES string of the molecule is CC[C@@H]1CC[C@@H](C)[C@@H](N2CCC(c3cc(C(C)=O)ccc3OC)CC2)C1. The molecule has 0 radical (unpaired) electrons. The molecule has 0 unspecified atom stereocenters. The number of methoxy groups -OCH3 is 1. The summed E-state index contributed by atoms with van der Waals surface area (Å²) in [5.41, 5.74) is 2.03. The van der Waals surface area contributed by atoms with Gasteiger partial charge in [-0.1, -0.05) is 26.7 Å². The zero-order valence-corrected chi connectivity index (χ0v) is 17.0. The van der Waals surface area contributed by atoms with Gasteiger partial charge in [-0.15, -0.1) is 0 Å². The van der Waals surface area contributed by atoms with Crippen molar-refractivity contribution in [3.05, 3.63) is 29.3 Å². The summed E-state index contributed by atoms with van der Waals surface area (Å²) < 4.78 is 5.60. The second kappa shape index (κ2) is 8.56. The topological polar surface area (TPSA) is 29.5 Å². The van der Waals surface area contributed by atoms with E-state index in [1.807, 2.05) is 12.1 Å². The molecule has 1 saturated carbocycles. The van der Waals surface area contributed by atoms with E-state index in [-0.39, 0.29) is 5.78 Å². The first-order valence-corrected chi connectivity index (χ1v) is 10.5. The van der Waals surface area contributed by atoms with Crippen LogP contribution < -0.4 is 4.74 Å². The van der Waals surface area contributed by atoms with Crippen LogP contribution in [0.3, 0.4) is 0 Å². The zero-order valence-electron chi connectivity index (χ0n) is 17.0. The number of likely N-dealkylation sites (tertiary alicyclic amines) is 1. The van der Waals surface area contributed by atoms with Crippen molar-refractivity contribution in [2.45, 2.75) is 71.3 Å². The third-order valence-electron chi connectivity index (χ3n) is 6.91. The molecule has 1 aliphatic heterocycles. The van der Waals surface area contributed by atoms with Crippen LogP contribution in [0.15, 0.2) is 18.2 Å². The highest BCUT2D eigenvalue weighted by molar-refractivity contribution is 5.94. The number of hydrogen-bond acceptors (Lipinski definition) is 3. The molecule has 0 amide bonds. The van der Waals surface area contributed by atoms with Gasteiger partial charge in [-0.3, -0.25) is 4.79 Å². The molecule has 0 aromatic heterocycles. The predicted octanol–water partition coefficient (Wildman–Crippen LogP) is 5.29. The zero-order chi connectivity index (χ0) is 18.7. The Morgan fingerprint density at radius 2 is 1.92 bits per heavy atom. The highest BCUT2D eigenvalue weighted by Gasteiger charge is 2.34. The smallest absolute Gasteiger partial charge is 0.159 e. The molecule has 3 nitrogen and oxygen atoms in total. The average Bonchev–Trinajstić information content (AvgIpc) is 2.68. The van der Waals surface area contributed by atoms with Gasteiger partial charge >= 0.3 is 0 Å². The Balaban J connectivity index is 1.68. The standard InChI is InChI=1S/C23H35NO2/c1-5-18-7-6-16(2)22(14-18)24-12-10-19(11-13-24)21-15-20(17(3)25)8-9-23(21)26-4/h8-9,15-16,18-19,22H,5-7,10-14H2,1-4H3/t16-,18-,22+/m1/s1. The number of ether oxygens (including phenoxy) is 1. The van der Waals surface area contributed by atoms with Crippen LogP contribution in [0.1, 0.15) is 81.1 Å². The maximum Gasteiger partial charge on any atom is 0.159 e. The van der Waals surface area contributed by atoms with E-state index in [2.05, 4.69) is 24.8 Å². The maximum atomic E-state index is 11.8. The molecule has 2 aliphatic rings. The number of piperidine rings is 1. The lowest BCUT2D eigenvalue weighted by Gasteiger charge is -2.44. The first-order chi connectivity index (χ1) is 12.5. The van der Waals surface area contributed by atoms with Gasteiger partial charge in [-0.2, -0.15) is 0 Å². The Kier molecular flexibility index (Phi) is 6.39. The molecule has 26 heavy (non-hydrogen) atoms. The van der Waals surface area contributed by atoms with Gasteiger partial charge in [0.1, 0.15) is 5.75 Å². The summed E-state index contributed by atoms with van der Waals surface area (Å²) in [4.78, 5) is 14.5. The molecular formula is C23H35NO2. The third-order valence-corrected chi connectivity index (χ3v) is 6.91. The van der Waals surface area contributed by atoms with Crippen LogP contribution >= 0.6 is 0 Å². The number of hydrogen-bond donors (Lipinski definition) is 0. The molecule has 3 heteroatoms. The number of carbonyl (C=O) groups excluding carboxylic acids is 1. The van der Waals surface area contributed by atoms with Crippen molar-refractivity contribution >= 4 is 5.78 Å². The number of Topliss-reactive ketones (excluding diaryl/α,β-unsaturated/α-hetero) is 1. The van der Waals surface area contributed by atoms with Gasteiger partial charge in [0, 0.05) is 11.6 Å². The second-order valence-corrected chi connectivity index (χ2v) is 8.46. The summed E-state index contributed by atoms with van der Waals surface area (Å²) >= 11 is 0. The van der Waals surface area contributed by atoms with E-state index in [1.165, 1.54) is 44.3 Å². The minimum absolute atomic E-state index is 0.132. The normalized spacial score (nSPS) is 28.1. The molecular weight excluding hydrogens is 322 g/mol. The monoisotopic (exact) mass is 357 g/mol. The van der Waals surface area contributed by atoms with Gasteiger partial charge in [-0.05, 0) is 87.2 Å². The Bertz CT molecular complexity index is 619. The lowest BCUT2D eigenvalue weighted by atomic mass is 9.76. The Hall–Kier alpha value is -1.35. The van der Waals surface area contributed by atoms with Crippen LogP contribution in [0, 0.1) is 11.8 Å². The summed E-state index contributed by atoms with van der Waals surface area (Å²) in [5.74, 6) is 3.31. The second-order valence-electron chi connectivity index (χ2n) is 8.46. The van der Waals surface area contributed by atoms with Gasteiger partial charge in [0.25, 0.3) is 0 Å². The van der Waals surface area contributed by atoms with Crippen molar-refractivity contribution < 1.29 is 9.53 Å². The molecule has 3 rings (SSSR count). The Morgan fingerprint density at radius 1 is 1.19 bits per heavy atom. The summed E-state index contributed by atoms with van der Waals surface area (Å²) in [6.45, 7) is 8.77. The highest BCUT2D eigenvalue weighted by Crippen LogP contribution is 2.39. The van der Waals surface area contributed by atoms with Gasteiger partial charge < -0.3 is 9.64 Å². The van der Waals surface area contributed by atoms with Gasteiger partial charge in [-0.25, -0.2) is 0 Å². The Labute approximate surface area is 159 Å². The van der Waals surface area contributed by atoms with Crippen molar-refractivity contribution in [3.8, 4) is 5.75 Å². The van der Waals surface area contributed by atoms with E-state index >= 15 is 0 Å². The number of rotatable bonds is 5. The minimum Gasteiger partial charge on any atom is -0.496 e. The Morgan fingerprint density at radius 3 is 2.54 bits per heavy atom. The fraction of sp³-hybridized carbons (Fsp3) is 0.696. The fourth-order valence-corrected chi connectivity index (χ4v) is 5.08. The van der Waals surface area contributed by atoms with E-state index in [4.69, 9.17) is 4.74 Å². The molecule has 1 aromatic rings. The lowest BCUT2D eigenvalue weighted by molar-refractivity contribution is 0.0640. The van der Waals surface area contributed by atoms with Crippen LogP contribution in [-0.2, 0) is 0 Å². The number of nitrogens with zero attached hydrogens (tertiary/aromatic N) is 1. The van der Waals surface area contributed by atoms with Crippen LogP contribution in [0.2, 0.25) is 0 Å². The summed E-state index contributed by atoms with van der Waals surface area (Å²) in [5, 5.41) is 0. The van der Waals surface area contributed by atoms with E-state index in [0.717, 1.165) is 42.0 Å². The molecule has 1 saturated heterocycles. The van der Waals surface area contributed by atoms with E-state index in [1.54, 1.807) is 14.0 Å². The molecule has 144 valence electrons. The predicted molar refractivity (Wildman–Crippen MR) is 107 cm³/mol. The first kappa shape index (κ1) is 19.4. The molecule has 1 aromatic carbocycles. The molecule has 1 aliphatic carbocycles. The number of benzene rings is 1. The largest absolute Gasteiger partial charge is 0.496 e. The van der Waals surface area contributed by atoms with Crippen LogP contribution in [0.5, 0.6) is 5.75 Å². The molecule has 3 atom stereocenters. The number of ketones is 1. The maximum absolute atomic E-state index is 11.8. The van der Waals surface area contributed by atoms with Crippen molar-refractivity contribution in [2.75, 3.05) is 20.2 Å². The molecule has 0 bridgehead atoms. The quantitative estimate of drug-likeness (QED) is 0.670. The average molecular weight is 358 g/mol. The summed E-state index contributed by atoms with van der Waals surface area (Å²) in [7, 11) is 1.73. The van der Waals surface area contributed by atoms with Gasteiger partial charge in [0.2, 0.25) is 0 Å². The lowest BCUT2D eigenvalue weighted by Crippen LogP contribution is -2.47. The molecule has 1 heterocycles. The highest BCUT2D eigenvalue weighted by atomic mass is 16.5. The molecule has 0 spiro atoms. The first-order valence-electron chi connectivity index (χ1n) is 10.5. The van der Waals surface area contributed by atoms with Crippen molar-refractivity contribution in [1.82, 2.24) is 4.90 Å².